The zero-order valence-corrected chi connectivity index (χ0v) is 20.1. The van der Waals surface area contributed by atoms with E-state index in [4.69, 9.17) is 9.47 Å². The highest BCUT2D eigenvalue weighted by atomic mass is 79.9. The maximum Gasteiger partial charge on any atom is 0.254 e. The van der Waals surface area contributed by atoms with Crippen molar-refractivity contribution in [3.8, 4) is 17.6 Å². The van der Waals surface area contributed by atoms with Crippen LogP contribution in [-0.4, -0.2) is 29.6 Å². The first-order valence-corrected chi connectivity index (χ1v) is 12.0. The Labute approximate surface area is 205 Å². The number of halogens is 1. The first kappa shape index (κ1) is 22.4. The van der Waals surface area contributed by atoms with Gasteiger partial charge in [-0.05, 0) is 64.9 Å². The average Bonchev–Trinajstić information content (AvgIpc) is 3.52. The van der Waals surface area contributed by atoms with Gasteiger partial charge >= 0.3 is 0 Å². The van der Waals surface area contributed by atoms with Gasteiger partial charge in [-0.15, -0.1) is 0 Å². The van der Waals surface area contributed by atoms with Crippen LogP contribution in [0.4, 0.5) is 0 Å². The standard InChI is InChI=1S/C26H22BrN3O4/c1-2-33-21-10-15(9-20(27)24(21)34-14-19-6-4-3-5-18(19)12-28)13-29-30-25(31)22-16-7-8-17(11-16)23(22)26(30)32/h3-10,13,16-17,22-23H,2,11,14H2,1H3/t16-,17-,22-,23+/m0/s1. The van der Waals surface area contributed by atoms with Crippen molar-refractivity contribution in [3.63, 3.8) is 0 Å². The Bertz CT molecular complexity index is 1240. The minimum atomic E-state index is -0.280. The molecule has 4 atom stereocenters. The summed E-state index contributed by atoms with van der Waals surface area (Å²) in [6.07, 6.45) is 6.50. The third-order valence-electron chi connectivity index (χ3n) is 6.61. The molecule has 0 aromatic heterocycles. The monoisotopic (exact) mass is 519 g/mol. The van der Waals surface area contributed by atoms with E-state index in [1.54, 1.807) is 18.2 Å². The number of nitrogens with zero attached hydrogens (tertiary/aromatic N) is 3. The van der Waals surface area contributed by atoms with Crippen LogP contribution in [0, 0.1) is 35.0 Å². The molecule has 1 saturated heterocycles. The van der Waals surface area contributed by atoms with Crippen molar-refractivity contribution in [3.05, 3.63) is 69.7 Å². The van der Waals surface area contributed by atoms with Gasteiger partial charge in [0.1, 0.15) is 6.61 Å². The SMILES string of the molecule is CCOc1cc(C=NN2C(=O)[C@@H]3[C@H](C2=O)[C@H]2C=C[C@H]3C2)cc(Br)c1OCc1ccccc1C#N. The molecule has 1 heterocycles. The minimum Gasteiger partial charge on any atom is -0.490 e. The van der Waals surface area contributed by atoms with Crippen LogP contribution in [0.25, 0.3) is 0 Å². The minimum absolute atomic E-state index is 0.146. The van der Waals surface area contributed by atoms with Crippen LogP contribution < -0.4 is 9.47 Å². The van der Waals surface area contributed by atoms with Crippen molar-refractivity contribution in [2.45, 2.75) is 20.0 Å². The third-order valence-corrected chi connectivity index (χ3v) is 7.20. The molecule has 2 bridgehead atoms. The number of carbonyl (C=O) groups excluding carboxylic acids is 2. The predicted molar refractivity (Wildman–Crippen MR) is 128 cm³/mol. The van der Waals surface area contributed by atoms with E-state index in [1.807, 2.05) is 25.1 Å². The number of rotatable bonds is 7. The topological polar surface area (TPSA) is 92.0 Å². The number of hydrazone groups is 1. The molecule has 0 N–H and O–H groups in total. The Morgan fingerprint density at radius 1 is 1.15 bits per heavy atom. The molecule has 5 rings (SSSR count). The molecule has 2 fully saturated rings. The second-order valence-electron chi connectivity index (χ2n) is 8.55. The van der Waals surface area contributed by atoms with E-state index in [-0.39, 0.29) is 42.1 Å². The molecule has 1 aliphatic heterocycles. The van der Waals surface area contributed by atoms with Gasteiger partial charge in [-0.25, -0.2) is 0 Å². The number of nitriles is 1. The molecule has 2 aromatic rings. The Kier molecular flexibility index (Phi) is 5.96. The van der Waals surface area contributed by atoms with Gasteiger partial charge in [0.25, 0.3) is 11.8 Å². The van der Waals surface area contributed by atoms with Gasteiger partial charge in [0.15, 0.2) is 11.5 Å². The van der Waals surface area contributed by atoms with Crippen molar-refractivity contribution >= 4 is 34.0 Å². The maximum atomic E-state index is 12.9. The van der Waals surface area contributed by atoms with Crippen molar-refractivity contribution in [1.29, 1.82) is 5.26 Å². The summed E-state index contributed by atoms with van der Waals surface area (Å²) in [6, 6.07) is 13.0. The maximum absolute atomic E-state index is 12.9. The highest BCUT2D eigenvalue weighted by Gasteiger charge is 2.59. The molecule has 0 spiro atoms. The van der Waals surface area contributed by atoms with E-state index in [0.29, 0.717) is 33.7 Å². The number of carbonyl (C=O) groups is 2. The van der Waals surface area contributed by atoms with E-state index in [0.717, 1.165) is 17.0 Å². The van der Waals surface area contributed by atoms with Gasteiger partial charge in [-0.3, -0.25) is 9.59 Å². The molecule has 0 radical (unpaired) electrons. The largest absolute Gasteiger partial charge is 0.490 e. The summed E-state index contributed by atoms with van der Waals surface area (Å²) in [7, 11) is 0. The summed E-state index contributed by atoms with van der Waals surface area (Å²) in [4.78, 5) is 25.7. The molecule has 2 aliphatic carbocycles. The van der Waals surface area contributed by atoms with Gasteiger partial charge in [-0.1, -0.05) is 30.4 Å². The summed E-state index contributed by atoms with van der Waals surface area (Å²) in [5.74, 6) is 0.283. The number of benzene rings is 2. The van der Waals surface area contributed by atoms with Gasteiger partial charge < -0.3 is 9.47 Å². The fourth-order valence-corrected chi connectivity index (χ4v) is 5.67. The van der Waals surface area contributed by atoms with Crippen LogP contribution in [0.2, 0.25) is 0 Å². The van der Waals surface area contributed by atoms with Crippen LogP contribution in [0.3, 0.4) is 0 Å². The lowest BCUT2D eigenvalue weighted by Gasteiger charge is -2.15. The average molecular weight is 520 g/mol. The van der Waals surface area contributed by atoms with Crippen molar-refractivity contribution in [2.75, 3.05) is 6.61 Å². The normalized spacial score (nSPS) is 24.7. The molecule has 7 nitrogen and oxygen atoms in total. The number of allylic oxidation sites excluding steroid dienone is 2. The second kappa shape index (κ2) is 9.07. The number of amides is 2. The Balaban J connectivity index is 1.36. The van der Waals surface area contributed by atoms with E-state index >= 15 is 0 Å². The van der Waals surface area contributed by atoms with Crippen LogP contribution in [0.5, 0.6) is 11.5 Å². The van der Waals surface area contributed by atoms with Gasteiger partial charge in [0.05, 0.1) is 40.8 Å². The molecular formula is C26H22BrN3O4. The first-order valence-electron chi connectivity index (χ1n) is 11.2. The van der Waals surface area contributed by atoms with Crippen LogP contribution in [0.15, 0.2) is 58.1 Å². The van der Waals surface area contributed by atoms with Crippen LogP contribution in [-0.2, 0) is 16.2 Å². The fourth-order valence-electron chi connectivity index (χ4n) is 5.10. The molecule has 172 valence electrons. The Morgan fingerprint density at radius 2 is 1.85 bits per heavy atom. The highest BCUT2D eigenvalue weighted by Crippen LogP contribution is 2.52. The molecule has 0 unspecified atom stereocenters. The number of fused-ring (bicyclic) bond motifs is 5. The zero-order chi connectivity index (χ0) is 23.8. The molecule has 2 aromatic carbocycles. The Hall–Kier alpha value is -3.44. The Morgan fingerprint density at radius 3 is 2.53 bits per heavy atom. The third kappa shape index (κ3) is 3.80. The molecular weight excluding hydrogens is 498 g/mol. The first-order chi connectivity index (χ1) is 16.5. The van der Waals surface area contributed by atoms with E-state index in [9.17, 15) is 14.9 Å². The smallest absolute Gasteiger partial charge is 0.254 e. The second-order valence-corrected chi connectivity index (χ2v) is 9.41. The van der Waals surface area contributed by atoms with Gasteiger partial charge in [0, 0.05) is 5.56 Å². The molecule has 2 amide bonds. The van der Waals surface area contributed by atoms with Crippen LogP contribution in [0.1, 0.15) is 30.0 Å². The number of hydrogen-bond donors (Lipinski definition) is 0. The summed E-state index contributed by atoms with van der Waals surface area (Å²) >= 11 is 3.53. The number of ether oxygens (including phenoxy) is 2. The quantitative estimate of drug-likeness (QED) is 0.306. The lowest BCUT2D eigenvalue weighted by Crippen LogP contribution is -2.28. The lowest BCUT2D eigenvalue weighted by atomic mass is 9.85. The summed E-state index contributed by atoms with van der Waals surface area (Å²) in [5.41, 5.74) is 1.97. The summed E-state index contributed by atoms with van der Waals surface area (Å²) in [5, 5.41) is 14.6. The van der Waals surface area contributed by atoms with Crippen molar-refractivity contribution in [2.24, 2.45) is 28.8 Å². The zero-order valence-electron chi connectivity index (χ0n) is 18.5. The highest BCUT2D eigenvalue weighted by molar-refractivity contribution is 9.10. The fraction of sp³-hybridized carbons (Fsp3) is 0.308. The lowest BCUT2D eigenvalue weighted by molar-refractivity contribution is -0.140. The summed E-state index contributed by atoms with van der Waals surface area (Å²) in [6.45, 7) is 2.48. The predicted octanol–water partition coefficient (Wildman–Crippen LogP) is 4.44. The van der Waals surface area contributed by atoms with Crippen molar-refractivity contribution in [1.82, 2.24) is 5.01 Å². The summed E-state index contributed by atoms with van der Waals surface area (Å²) < 4.78 is 12.4. The van der Waals surface area contributed by atoms with E-state index < -0.39 is 0 Å². The molecule has 34 heavy (non-hydrogen) atoms. The molecule has 8 heteroatoms. The van der Waals surface area contributed by atoms with Gasteiger partial charge in [0.2, 0.25) is 0 Å². The van der Waals surface area contributed by atoms with Crippen molar-refractivity contribution < 1.29 is 19.1 Å². The van der Waals surface area contributed by atoms with E-state index in [1.165, 1.54) is 6.21 Å². The molecule has 1 saturated carbocycles. The number of imide groups is 1. The van der Waals surface area contributed by atoms with Crippen LogP contribution >= 0.6 is 15.9 Å². The van der Waals surface area contributed by atoms with Gasteiger partial charge in [-0.2, -0.15) is 15.4 Å². The van der Waals surface area contributed by atoms with E-state index in [2.05, 4.69) is 39.3 Å². The molecule has 3 aliphatic rings. The number of hydrogen-bond acceptors (Lipinski definition) is 6.